The van der Waals surface area contributed by atoms with Gasteiger partial charge in [-0.05, 0) is 11.6 Å². The highest BCUT2D eigenvalue weighted by Crippen LogP contribution is 2.16. The van der Waals surface area contributed by atoms with E-state index in [0.29, 0.717) is 5.56 Å². The standard InChI is InChI=1S/C10H8O4/c1-2-6-4-3-5-7(9(11)12)8(6)10(13)14/h2-5H,1H2,(H,11,12)(H,13,14). The molecule has 72 valence electrons. The SMILES string of the molecule is C=Cc1cccc(C(=O)O)c1C(=O)O. The first-order chi connectivity index (χ1) is 6.57. The summed E-state index contributed by atoms with van der Waals surface area (Å²) in [6, 6.07) is 4.23. The molecule has 1 rings (SSSR count). The number of benzene rings is 1. The van der Waals surface area contributed by atoms with Crippen LogP contribution in [-0.2, 0) is 0 Å². The summed E-state index contributed by atoms with van der Waals surface area (Å²) >= 11 is 0. The summed E-state index contributed by atoms with van der Waals surface area (Å²) in [6.45, 7) is 3.42. The monoisotopic (exact) mass is 192 g/mol. The zero-order chi connectivity index (χ0) is 10.7. The molecule has 2 N–H and O–H groups in total. The van der Waals surface area contributed by atoms with Gasteiger partial charge in [-0.15, -0.1) is 0 Å². The van der Waals surface area contributed by atoms with E-state index in [9.17, 15) is 9.59 Å². The number of carboxylic acids is 2. The molecule has 0 aliphatic heterocycles. The Kier molecular flexibility index (Phi) is 2.67. The van der Waals surface area contributed by atoms with Crippen LogP contribution in [0.3, 0.4) is 0 Å². The van der Waals surface area contributed by atoms with Gasteiger partial charge >= 0.3 is 11.9 Å². The summed E-state index contributed by atoms with van der Waals surface area (Å²) in [5, 5.41) is 17.6. The maximum atomic E-state index is 10.8. The number of carbonyl (C=O) groups is 2. The van der Waals surface area contributed by atoms with Crippen LogP contribution in [0.1, 0.15) is 26.3 Å². The van der Waals surface area contributed by atoms with E-state index < -0.39 is 11.9 Å². The average molecular weight is 192 g/mol. The smallest absolute Gasteiger partial charge is 0.337 e. The van der Waals surface area contributed by atoms with Crippen LogP contribution in [-0.4, -0.2) is 22.2 Å². The largest absolute Gasteiger partial charge is 0.478 e. The molecular weight excluding hydrogens is 184 g/mol. The lowest BCUT2D eigenvalue weighted by Gasteiger charge is -2.04. The Hall–Kier alpha value is -2.10. The van der Waals surface area contributed by atoms with E-state index >= 15 is 0 Å². The van der Waals surface area contributed by atoms with E-state index in [1.165, 1.54) is 24.3 Å². The van der Waals surface area contributed by atoms with Gasteiger partial charge < -0.3 is 10.2 Å². The molecule has 0 radical (unpaired) electrons. The third-order valence-corrected chi connectivity index (χ3v) is 1.76. The molecule has 0 fully saturated rings. The van der Waals surface area contributed by atoms with Crippen LogP contribution in [0.2, 0.25) is 0 Å². The third kappa shape index (κ3) is 1.64. The topological polar surface area (TPSA) is 74.6 Å². The van der Waals surface area contributed by atoms with Gasteiger partial charge in [0.1, 0.15) is 0 Å². The molecule has 0 saturated heterocycles. The molecule has 0 amide bonds. The molecule has 0 aromatic heterocycles. The molecule has 0 saturated carbocycles. The number of hydrogen-bond acceptors (Lipinski definition) is 2. The predicted octanol–water partition coefficient (Wildman–Crippen LogP) is 1.73. The van der Waals surface area contributed by atoms with Crippen molar-refractivity contribution in [3.8, 4) is 0 Å². The second kappa shape index (κ2) is 3.74. The normalized spacial score (nSPS) is 9.43. The fourth-order valence-electron chi connectivity index (χ4n) is 1.16. The molecule has 0 aliphatic carbocycles. The van der Waals surface area contributed by atoms with Crippen LogP contribution in [0.15, 0.2) is 24.8 Å². The first-order valence-electron chi connectivity index (χ1n) is 3.80. The van der Waals surface area contributed by atoms with Crippen LogP contribution in [0.25, 0.3) is 6.08 Å². The maximum absolute atomic E-state index is 10.8. The molecular formula is C10H8O4. The van der Waals surface area contributed by atoms with Gasteiger partial charge in [0.15, 0.2) is 0 Å². The van der Waals surface area contributed by atoms with E-state index in [0.717, 1.165) is 0 Å². The summed E-state index contributed by atoms with van der Waals surface area (Å²) in [5.41, 5.74) is -0.151. The van der Waals surface area contributed by atoms with E-state index in [1.54, 1.807) is 0 Å². The van der Waals surface area contributed by atoms with E-state index in [-0.39, 0.29) is 11.1 Å². The van der Waals surface area contributed by atoms with Gasteiger partial charge in [-0.2, -0.15) is 0 Å². The van der Waals surface area contributed by atoms with Crippen molar-refractivity contribution in [1.29, 1.82) is 0 Å². The van der Waals surface area contributed by atoms with Crippen molar-refractivity contribution in [3.05, 3.63) is 41.5 Å². The van der Waals surface area contributed by atoms with Crippen molar-refractivity contribution in [1.82, 2.24) is 0 Å². The highest BCUT2D eigenvalue weighted by atomic mass is 16.4. The summed E-state index contributed by atoms with van der Waals surface area (Å²) in [4.78, 5) is 21.5. The summed E-state index contributed by atoms with van der Waals surface area (Å²) < 4.78 is 0. The van der Waals surface area contributed by atoms with Crippen molar-refractivity contribution in [2.24, 2.45) is 0 Å². The second-order valence-electron chi connectivity index (χ2n) is 2.58. The average Bonchev–Trinajstić information content (AvgIpc) is 2.16. The Morgan fingerprint density at radius 3 is 2.29 bits per heavy atom. The van der Waals surface area contributed by atoms with Gasteiger partial charge in [0.05, 0.1) is 11.1 Å². The molecule has 0 unspecified atom stereocenters. The molecule has 1 aromatic rings. The van der Waals surface area contributed by atoms with Gasteiger partial charge in [0.25, 0.3) is 0 Å². The van der Waals surface area contributed by atoms with Crippen LogP contribution < -0.4 is 0 Å². The minimum absolute atomic E-state index is 0.227. The molecule has 1 aromatic carbocycles. The predicted molar refractivity (Wildman–Crippen MR) is 50.5 cm³/mol. The quantitative estimate of drug-likeness (QED) is 0.764. The summed E-state index contributed by atoms with van der Waals surface area (Å²) in [5.74, 6) is -2.52. The van der Waals surface area contributed by atoms with E-state index in [2.05, 4.69) is 6.58 Å². The van der Waals surface area contributed by atoms with Crippen molar-refractivity contribution < 1.29 is 19.8 Å². The minimum atomic E-state index is -1.27. The lowest BCUT2D eigenvalue weighted by Crippen LogP contribution is -2.09. The van der Waals surface area contributed by atoms with Crippen molar-refractivity contribution in [2.45, 2.75) is 0 Å². The molecule has 4 nitrogen and oxygen atoms in total. The molecule has 0 aliphatic rings. The third-order valence-electron chi connectivity index (χ3n) is 1.76. The Morgan fingerprint density at radius 1 is 1.21 bits per heavy atom. The first kappa shape index (κ1) is 9.98. The summed E-state index contributed by atoms with van der Waals surface area (Å²) in [6.07, 6.45) is 1.32. The Labute approximate surface area is 80.1 Å². The van der Waals surface area contributed by atoms with Crippen molar-refractivity contribution in [2.75, 3.05) is 0 Å². The second-order valence-corrected chi connectivity index (χ2v) is 2.58. The zero-order valence-corrected chi connectivity index (χ0v) is 7.23. The van der Waals surface area contributed by atoms with Crippen molar-refractivity contribution >= 4 is 18.0 Å². The van der Waals surface area contributed by atoms with Crippen LogP contribution >= 0.6 is 0 Å². The van der Waals surface area contributed by atoms with Gasteiger partial charge in [-0.1, -0.05) is 24.8 Å². The van der Waals surface area contributed by atoms with Gasteiger partial charge in [0, 0.05) is 0 Å². The first-order valence-corrected chi connectivity index (χ1v) is 3.80. The number of carboxylic acid groups (broad SMARTS) is 2. The Balaban J connectivity index is 3.51. The fourth-order valence-corrected chi connectivity index (χ4v) is 1.16. The highest BCUT2D eigenvalue weighted by molar-refractivity contribution is 6.04. The molecule has 4 heteroatoms. The van der Waals surface area contributed by atoms with Gasteiger partial charge in [-0.25, -0.2) is 9.59 Å². The Bertz CT molecular complexity index is 407. The van der Waals surface area contributed by atoms with Crippen molar-refractivity contribution in [3.63, 3.8) is 0 Å². The van der Waals surface area contributed by atoms with Gasteiger partial charge in [0.2, 0.25) is 0 Å². The van der Waals surface area contributed by atoms with E-state index in [1.807, 2.05) is 0 Å². The Morgan fingerprint density at radius 2 is 1.86 bits per heavy atom. The lowest BCUT2D eigenvalue weighted by molar-refractivity contribution is 0.0651. The minimum Gasteiger partial charge on any atom is -0.478 e. The van der Waals surface area contributed by atoms with Crippen LogP contribution in [0.5, 0.6) is 0 Å². The van der Waals surface area contributed by atoms with Crippen LogP contribution in [0.4, 0.5) is 0 Å². The van der Waals surface area contributed by atoms with E-state index in [4.69, 9.17) is 10.2 Å². The highest BCUT2D eigenvalue weighted by Gasteiger charge is 2.17. The molecule has 14 heavy (non-hydrogen) atoms. The number of hydrogen-bond donors (Lipinski definition) is 2. The molecule has 0 bridgehead atoms. The fraction of sp³-hybridized carbons (Fsp3) is 0. The molecule has 0 spiro atoms. The lowest BCUT2D eigenvalue weighted by atomic mass is 10.0. The van der Waals surface area contributed by atoms with Gasteiger partial charge in [-0.3, -0.25) is 0 Å². The molecule has 0 heterocycles. The summed E-state index contributed by atoms with van der Waals surface area (Å²) in [7, 11) is 0. The van der Waals surface area contributed by atoms with Crippen LogP contribution in [0, 0.1) is 0 Å². The number of rotatable bonds is 3. The molecule has 0 atom stereocenters. The maximum Gasteiger partial charge on any atom is 0.337 e. The number of aromatic carboxylic acids is 2. The zero-order valence-electron chi connectivity index (χ0n) is 7.23.